The molecule has 1 aliphatic carbocycles. The van der Waals surface area contributed by atoms with Crippen molar-refractivity contribution >= 4 is 17.4 Å². The maximum absolute atomic E-state index is 12.8. The summed E-state index contributed by atoms with van der Waals surface area (Å²) < 4.78 is 0. The van der Waals surface area contributed by atoms with Gasteiger partial charge in [0, 0.05) is 11.4 Å². The van der Waals surface area contributed by atoms with E-state index in [-0.39, 0.29) is 18.1 Å². The van der Waals surface area contributed by atoms with Gasteiger partial charge in [0.25, 0.3) is 0 Å². The molecular formula is C19H20N4O2. The summed E-state index contributed by atoms with van der Waals surface area (Å²) in [7, 11) is 0. The average Bonchev–Trinajstić information content (AvgIpc) is 3.24. The second-order valence-electron chi connectivity index (χ2n) is 6.16. The lowest BCUT2D eigenvalue weighted by Gasteiger charge is -2.38. The van der Waals surface area contributed by atoms with Gasteiger partial charge >= 0.3 is 6.03 Å². The SMILES string of the molecule is O=C(Nc1ccccc1)N1C2C=CC(C2)N1C(O)Nc1ccccc1. The Morgan fingerprint density at radius 2 is 1.56 bits per heavy atom. The van der Waals surface area contributed by atoms with Crippen LogP contribution in [0.1, 0.15) is 6.42 Å². The third-order valence-electron chi connectivity index (χ3n) is 4.49. The highest BCUT2D eigenvalue weighted by atomic mass is 16.3. The normalized spacial score (nSPS) is 22.8. The summed E-state index contributed by atoms with van der Waals surface area (Å²) in [6.07, 6.45) is 3.84. The van der Waals surface area contributed by atoms with Crippen LogP contribution >= 0.6 is 0 Å². The van der Waals surface area contributed by atoms with Crippen LogP contribution in [-0.4, -0.2) is 39.6 Å². The summed E-state index contributed by atoms with van der Waals surface area (Å²) in [6.45, 7) is 0. The Hall–Kier alpha value is -2.83. The van der Waals surface area contributed by atoms with Crippen LogP contribution in [0.4, 0.5) is 16.2 Å². The van der Waals surface area contributed by atoms with E-state index in [1.165, 1.54) is 0 Å². The number of amides is 2. The smallest absolute Gasteiger partial charge is 0.337 e. The first-order chi connectivity index (χ1) is 12.2. The predicted molar refractivity (Wildman–Crippen MR) is 96.5 cm³/mol. The lowest BCUT2D eigenvalue weighted by molar-refractivity contribution is -0.0901. The molecule has 1 fully saturated rings. The van der Waals surface area contributed by atoms with Crippen molar-refractivity contribution in [3.8, 4) is 0 Å². The van der Waals surface area contributed by atoms with Crippen LogP contribution in [-0.2, 0) is 0 Å². The van der Waals surface area contributed by atoms with E-state index < -0.39 is 6.35 Å². The highest BCUT2D eigenvalue weighted by molar-refractivity contribution is 5.89. The van der Waals surface area contributed by atoms with Gasteiger partial charge in [-0.2, -0.15) is 5.01 Å². The number of aliphatic hydroxyl groups is 1. The maximum atomic E-state index is 12.8. The molecule has 2 amide bonds. The van der Waals surface area contributed by atoms with Crippen molar-refractivity contribution in [2.45, 2.75) is 24.9 Å². The van der Waals surface area contributed by atoms with Crippen molar-refractivity contribution in [2.24, 2.45) is 0 Å². The third-order valence-corrected chi connectivity index (χ3v) is 4.49. The van der Waals surface area contributed by atoms with Crippen LogP contribution in [0.3, 0.4) is 0 Å². The molecule has 3 atom stereocenters. The number of hydrogen-bond donors (Lipinski definition) is 3. The first-order valence-electron chi connectivity index (χ1n) is 8.34. The zero-order chi connectivity index (χ0) is 17.2. The van der Waals surface area contributed by atoms with E-state index in [1.807, 2.05) is 72.8 Å². The van der Waals surface area contributed by atoms with E-state index in [0.29, 0.717) is 0 Å². The highest BCUT2D eigenvalue weighted by Crippen LogP contribution is 2.34. The van der Waals surface area contributed by atoms with Gasteiger partial charge in [-0.15, -0.1) is 0 Å². The molecule has 4 rings (SSSR count). The van der Waals surface area contributed by atoms with Gasteiger partial charge in [0.2, 0.25) is 6.35 Å². The van der Waals surface area contributed by atoms with Crippen LogP contribution < -0.4 is 10.6 Å². The molecule has 3 unspecified atom stereocenters. The largest absolute Gasteiger partial charge is 0.360 e. The molecule has 0 saturated carbocycles. The summed E-state index contributed by atoms with van der Waals surface area (Å²) in [5, 5.41) is 19.9. The average molecular weight is 336 g/mol. The summed E-state index contributed by atoms with van der Waals surface area (Å²) in [5.41, 5.74) is 1.52. The number of carbonyl (C=O) groups is 1. The Morgan fingerprint density at radius 1 is 0.960 bits per heavy atom. The van der Waals surface area contributed by atoms with Crippen molar-refractivity contribution in [3.63, 3.8) is 0 Å². The standard InChI is InChI=1S/C19H20N4O2/c24-18(20-14-7-3-1-4-8-14)22-16-11-12-17(13-16)23(22)19(25)21-15-9-5-2-6-10-15/h1-12,16-18,20,24H,13H2,(H,21,25). The summed E-state index contributed by atoms with van der Waals surface area (Å²) in [4.78, 5) is 12.8. The lowest BCUT2D eigenvalue weighted by atomic mass is 10.2. The minimum Gasteiger partial charge on any atom is -0.360 e. The Morgan fingerprint density at radius 3 is 2.24 bits per heavy atom. The number of nitrogens with zero attached hydrogens (tertiary/aromatic N) is 2. The van der Waals surface area contributed by atoms with Crippen molar-refractivity contribution in [2.75, 3.05) is 10.6 Å². The highest BCUT2D eigenvalue weighted by Gasteiger charge is 2.46. The maximum Gasteiger partial charge on any atom is 0.337 e. The number of para-hydroxylation sites is 2. The van der Waals surface area contributed by atoms with Crippen LogP contribution in [0.5, 0.6) is 0 Å². The Kier molecular flexibility index (Phi) is 4.13. The van der Waals surface area contributed by atoms with Crippen LogP contribution in [0.25, 0.3) is 0 Å². The molecule has 2 aromatic rings. The second-order valence-corrected chi connectivity index (χ2v) is 6.16. The lowest BCUT2D eigenvalue weighted by Crippen LogP contribution is -2.57. The first-order valence-corrected chi connectivity index (χ1v) is 8.34. The fourth-order valence-electron chi connectivity index (χ4n) is 3.38. The van der Waals surface area contributed by atoms with Gasteiger partial charge in [0.1, 0.15) is 0 Å². The van der Waals surface area contributed by atoms with Gasteiger partial charge in [0.05, 0.1) is 12.1 Å². The molecule has 0 spiro atoms. The van der Waals surface area contributed by atoms with Crippen molar-refractivity contribution in [3.05, 3.63) is 72.8 Å². The zero-order valence-corrected chi connectivity index (χ0v) is 13.6. The molecule has 2 aliphatic rings. The van der Waals surface area contributed by atoms with Gasteiger partial charge in [0.15, 0.2) is 0 Å². The fourth-order valence-corrected chi connectivity index (χ4v) is 3.38. The molecule has 128 valence electrons. The minimum atomic E-state index is -0.996. The molecule has 3 N–H and O–H groups in total. The van der Waals surface area contributed by atoms with Gasteiger partial charge in [-0.1, -0.05) is 48.6 Å². The number of benzene rings is 2. The molecule has 6 heteroatoms. The third kappa shape index (κ3) is 3.09. The molecule has 6 nitrogen and oxygen atoms in total. The van der Waals surface area contributed by atoms with Gasteiger partial charge in [-0.3, -0.25) is 0 Å². The van der Waals surface area contributed by atoms with Crippen LogP contribution in [0.2, 0.25) is 0 Å². The molecular weight excluding hydrogens is 316 g/mol. The number of rotatable bonds is 4. The summed E-state index contributed by atoms with van der Waals surface area (Å²) in [5.74, 6) is 0. The van der Waals surface area contributed by atoms with E-state index in [2.05, 4.69) is 10.6 Å². The van der Waals surface area contributed by atoms with Gasteiger partial charge in [-0.25, -0.2) is 9.80 Å². The monoisotopic (exact) mass is 336 g/mol. The van der Waals surface area contributed by atoms with Gasteiger partial charge in [-0.05, 0) is 30.7 Å². The topological polar surface area (TPSA) is 67.8 Å². The number of carbonyl (C=O) groups excluding carboxylic acids is 1. The number of hydrogen-bond acceptors (Lipinski definition) is 4. The fraction of sp³-hybridized carbons (Fsp3) is 0.211. The molecule has 2 bridgehead atoms. The summed E-state index contributed by atoms with van der Waals surface area (Å²) >= 11 is 0. The molecule has 1 aliphatic heterocycles. The summed E-state index contributed by atoms with van der Waals surface area (Å²) in [6, 6.07) is 18.5. The van der Waals surface area contributed by atoms with Crippen molar-refractivity contribution in [1.82, 2.24) is 10.0 Å². The Balaban J connectivity index is 1.51. The molecule has 1 saturated heterocycles. The molecule has 1 heterocycles. The zero-order valence-electron chi connectivity index (χ0n) is 13.6. The number of urea groups is 1. The molecule has 25 heavy (non-hydrogen) atoms. The van der Waals surface area contributed by atoms with E-state index in [0.717, 1.165) is 17.8 Å². The number of hydrazine groups is 1. The minimum absolute atomic E-state index is 0.00210. The predicted octanol–water partition coefficient (Wildman–Crippen LogP) is 2.84. The van der Waals surface area contributed by atoms with E-state index in [1.54, 1.807) is 10.0 Å². The van der Waals surface area contributed by atoms with Gasteiger partial charge < -0.3 is 15.7 Å². The first kappa shape index (κ1) is 15.7. The van der Waals surface area contributed by atoms with E-state index >= 15 is 0 Å². The Bertz CT molecular complexity index is 766. The quantitative estimate of drug-likeness (QED) is 0.593. The molecule has 2 aromatic carbocycles. The number of aliphatic hydroxyl groups excluding tert-OH is 1. The molecule has 0 aromatic heterocycles. The van der Waals surface area contributed by atoms with Crippen molar-refractivity contribution < 1.29 is 9.90 Å². The molecule has 0 radical (unpaired) electrons. The second kappa shape index (κ2) is 6.58. The Labute approximate surface area is 146 Å². The number of fused-ring (bicyclic) bond motifs is 2. The van der Waals surface area contributed by atoms with Crippen LogP contribution in [0, 0.1) is 0 Å². The number of anilines is 2. The van der Waals surface area contributed by atoms with Crippen molar-refractivity contribution in [1.29, 1.82) is 0 Å². The van der Waals surface area contributed by atoms with Crippen LogP contribution in [0.15, 0.2) is 72.8 Å². The number of nitrogens with one attached hydrogen (secondary N) is 2. The van der Waals surface area contributed by atoms with E-state index in [4.69, 9.17) is 0 Å². The van der Waals surface area contributed by atoms with E-state index in [9.17, 15) is 9.90 Å².